The normalized spacial score (nSPS) is 11.1. The van der Waals surface area contributed by atoms with Crippen LogP contribution in [0.2, 0.25) is 0 Å². The average molecular weight is 313 g/mol. The zero-order valence-corrected chi connectivity index (χ0v) is 12.1. The molecule has 0 unspecified atom stereocenters. The summed E-state index contributed by atoms with van der Waals surface area (Å²) in [4.78, 5) is 19.8. The summed E-state index contributed by atoms with van der Waals surface area (Å²) in [5.41, 5.74) is 0.762. The second-order valence-corrected chi connectivity index (χ2v) is 6.75. The van der Waals surface area contributed by atoms with Crippen LogP contribution < -0.4 is 5.56 Å². The van der Waals surface area contributed by atoms with Gasteiger partial charge in [-0.2, -0.15) is 0 Å². The van der Waals surface area contributed by atoms with E-state index in [4.69, 9.17) is 0 Å². The molecule has 0 bridgehead atoms. The number of aromatic amines is 1. The third-order valence-electron chi connectivity index (χ3n) is 2.22. The van der Waals surface area contributed by atoms with E-state index >= 15 is 0 Å². The molecule has 0 fully saturated rings. The predicted molar refractivity (Wildman–Crippen MR) is 74.4 cm³/mol. The second kappa shape index (κ2) is 5.14. The number of thiophene rings is 1. The fourth-order valence-electron chi connectivity index (χ4n) is 1.59. The highest BCUT2D eigenvalue weighted by Gasteiger charge is 2.07. The van der Waals surface area contributed by atoms with Gasteiger partial charge in [0.25, 0.3) is 5.56 Å². The molecule has 0 aliphatic heterocycles. The van der Waals surface area contributed by atoms with Gasteiger partial charge >= 0.3 is 0 Å². The van der Waals surface area contributed by atoms with Gasteiger partial charge in [0.2, 0.25) is 0 Å². The average Bonchev–Trinajstić information content (AvgIpc) is 2.62. The van der Waals surface area contributed by atoms with Gasteiger partial charge in [-0.25, -0.2) is 4.98 Å². The molecule has 90 valence electrons. The number of nitrogens with one attached hydrogen (secondary N) is 1. The molecule has 2 heterocycles. The SMILES string of the molecule is CC(C)Cc1cc(=O)[nH]c(-c2ccc(Br)s2)n1. The maximum Gasteiger partial charge on any atom is 0.251 e. The van der Waals surface area contributed by atoms with Crippen molar-refractivity contribution in [1.82, 2.24) is 9.97 Å². The lowest BCUT2D eigenvalue weighted by atomic mass is 10.1. The summed E-state index contributed by atoms with van der Waals surface area (Å²) in [6.07, 6.45) is 0.823. The van der Waals surface area contributed by atoms with Gasteiger partial charge in [-0.3, -0.25) is 4.79 Å². The molecule has 2 aromatic rings. The number of rotatable bonds is 3. The zero-order chi connectivity index (χ0) is 12.4. The van der Waals surface area contributed by atoms with Gasteiger partial charge in [0.1, 0.15) is 0 Å². The quantitative estimate of drug-likeness (QED) is 0.943. The number of halogens is 1. The van der Waals surface area contributed by atoms with Crippen molar-refractivity contribution < 1.29 is 0 Å². The van der Waals surface area contributed by atoms with Gasteiger partial charge in [0, 0.05) is 11.8 Å². The minimum Gasteiger partial charge on any atom is -0.306 e. The third kappa shape index (κ3) is 3.26. The van der Waals surface area contributed by atoms with Crippen LogP contribution >= 0.6 is 27.3 Å². The smallest absolute Gasteiger partial charge is 0.251 e. The van der Waals surface area contributed by atoms with E-state index in [9.17, 15) is 4.79 Å². The molecule has 1 N–H and O–H groups in total. The Labute approximate surface area is 112 Å². The summed E-state index contributed by atoms with van der Waals surface area (Å²) in [5.74, 6) is 1.15. The monoisotopic (exact) mass is 312 g/mol. The largest absolute Gasteiger partial charge is 0.306 e. The molecular formula is C12H13BrN2OS. The number of H-pyrrole nitrogens is 1. The summed E-state index contributed by atoms with van der Waals surface area (Å²) in [6.45, 7) is 4.23. The summed E-state index contributed by atoms with van der Waals surface area (Å²) in [7, 11) is 0. The highest BCUT2D eigenvalue weighted by molar-refractivity contribution is 9.11. The van der Waals surface area contributed by atoms with E-state index in [1.165, 1.54) is 0 Å². The molecule has 0 atom stereocenters. The van der Waals surface area contributed by atoms with Crippen LogP contribution in [-0.2, 0) is 6.42 Å². The van der Waals surface area contributed by atoms with Gasteiger partial charge in [-0.1, -0.05) is 13.8 Å². The molecule has 2 rings (SSSR count). The van der Waals surface area contributed by atoms with E-state index in [1.54, 1.807) is 17.4 Å². The van der Waals surface area contributed by atoms with E-state index in [0.29, 0.717) is 11.7 Å². The second-order valence-electron chi connectivity index (χ2n) is 4.29. The Kier molecular flexibility index (Phi) is 3.79. The van der Waals surface area contributed by atoms with Crippen molar-refractivity contribution in [1.29, 1.82) is 0 Å². The van der Waals surface area contributed by atoms with Gasteiger partial charge in [-0.15, -0.1) is 11.3 Å². The molecule has 0 saturated heterocycles. The van der Waals surface area contributed by atoms with Crippen LogP contribution in [0.1, 0.15) is 19.5 Å². The molecule has 2 aromatic heterocycles. The summed E-state index contributed by atoms with van der Waals surface area (Å²) in [6, 6.07) is 5.48. The minimum absolute atomic E-state index is 0.0878. The first-order chi connectivity index (χ1) is 8.04. The first kappa shape index (κ1) is 12.5. The van der Waals surface area contributed by atoms with Gasteiger partial charge in [-0.05, 0) is 40.4 Å². The topological polar surface area (TPSA) is 45.8 Å². The van der Waals surface area contributed by atoms with Crippen molar-refractivity contribution in [3.8, 4) is 10.7 Å². The van der Waals surface area contributed by atoms with Crippen molar-refractivity contribution in [3.63, 3.8) is 0 Å². The Hall–Kier alpha value is -0.940. The van der Waals surface area contributed by atoms with Crippen molar-refractivity contribution in [2.24, 2.45) is 5.92 Å². The molecule has 0 radical (unpaired) electrons. The molecule has 3 nitrogen and oxygen atoms in total. The van der Waals surface area contributed by atoms with E-state index in [0.717, 1.165) is 20.8 Å². The molecule has 5 heteroatoms. The van der Waals surface area contributed by atoms with Crippen molar-refractivity contribution >= 4 is 27.3 Å². The Bertz CT molecular complexity index is 574. The van der Waals surface area contributed by atoms with Crippen molar-refractivity contribution in [2.45, 2.75) is 20.3 Å². The lowest BCUT2D eigenvalue weighted by molar-refractivity contribution is 0.634. The van der Waals surface area contributed by atoms with Crippen LogP contribution in [0, 0.1) is 5.92 Å². The lowest BCUT2D eigenvalue weighted by Gasteiger charge is -2.05. The van der Waals surface area contributed by atoms with E-state index in [-0.39, 0.29) is 5.56 Å². The fraction of sp³-hybridized carbons (Fsp3) is 0.333. The predicted octanol–water partition coefficient (Wildman–Crippen LogP) is 3.46. The zero-order valence-electron chi connectivity index (χ0n) is 9.66. The van der Waals surface area contributed by atoms with Crippen molar-refractivity contribution in [3.05, 3.63) is 38.0 Å². The van der Waals surface area contributed by atoms with Gasteiger partial charge in [0.05, 0.1) is 8.66 Å². The van der Waals surface area contributed by atoms with Crippen LogP contribution in [0.5, 0.6) is 0 Å². The van der Waals surface area contributed by atoms with E-state index in [1.807, 2.05) is 12.1 Å². The van der Waals surface area contributed by atoms with Crippen LogP contribution in [0.15, 0.2) is 26.8 Å². The van der Waals surface area contributed by atoms with Gasteiger partial charge < -0.3 is 4.98 Å². The van der Waals surface area contributed by atoms with Crippen LogP contribution in [-0.4, -0.2) is 9.97 Å². The number of hydrogen-bond acceptors (Lipinski definition) is 3. The molecule has 0 aromatic carbocycles. The molecule has 0 amide bonds. The minimum atomic E-state index is -0.0878. The summed E-state index contributed by atoms with van der Waals surface area (Å²) >= 11 is 4.97. The third-order valence-corrected chi connectivity index (χ3v) is 3.85. The number of nitrogens with zero attached hydrogens (tertiary/aromatic N) is 1. The van der Waals surface area contributed by atoms with Crippen molar-refractivity contribution in [2.75, 3.05) is 0 Å². The van der Waals surface area contributed by atoms with Crippen LogP contribution in [0.25, 0.3) is 10.7 Å². The van der Waals surface area contributed by atoms with Gasteiger partial charge in [0.15, 0.2) is 5.82 Å². The Morgan fingerprint density at radius 1 is 1.47 bits per heavy atom. The summed E-state index contributed by atoms with van der Waals surface area (Å²) in [5, 5.41) is 0. The first-order valence-electron chi connectivity index (χ1n) is 5.40. The standard InChI is InChI=1S/C12H13BrN2OS/c1-7(2)5-8-6-11(16)15-12(14-8)9-3-4-10(13)17-9/h3-4,6-7H,5H2,1-2H3,(H,14,15,16). The van der Waals surface area contributed by atoms with Crippen LogP contribution in [0.4, 0.5) is 0 Å². The Morgan fingerprint density at radius 3 is 2.82 bits per heavy atom. The molecule has 0 saturated carbocycles. The number of hydrogen-bond donors (Lipinski definition) is 1. The highest BCUT2D eigenvalue weighted by atomic mass is 79.9. The van der Waals surface area contributed by atoms with Crippen LogP contribution in [0.3, 0.4) is 0 Å². The fourth-order valence-corrected chi connectivity index (χ4v) is 2.92. The molecule has 0 aliphatic rings. The molecule has 0 aliphatic carbocycles. The first-order valence-corrected chi connectivity index (χ1v) is 7.01. The maximum atomic E-state index is 11.6. The highest BCUT2D eigenvalue weighted by Crippen LogP contribution is 2.28. The maximum absolute atomic E-state index is 11.6. The molecule has 0 spiro atoms. The molecule has 17 heavy (non-hydrogen) atoms. The Balaban J connectivity index is 2.41. The van der Waals surface area contributed by atoms with E-state index < -0.39 is 0 Å². The van der Waals surface area contributed by atoms with E-state index in [2.05, 4.69) is 39.7 Å². The Morgan fingerprint density at radius 2 is 2.24 bits per heavy atom. The summed E-state index contributed by atoms with van der Waals surface area (Å²) < 4.78 is 1.03. The molecular weight excluding hydrogens is 300 g/mol. The number of aromatic nitrogens is 2. The lowest BCUT2D eigenvalue weighted by Crippen LogP contribution is -2.11.